The van der Waals surface area contributed by atoms with Crippen LogP contribution in [0.25, 0.3) is 0 Å². The molecule has 0 spiro atoms. The van der Waals surface area contributed by atoms with Gasteiger partial charge in [-0.25, -0.2) is 0 Å². The number of hydrogen-bond acceptors (Lipinski definition) is 6. The van der Waals surface area contributed by atoms with Crippen LogP contribution in [0.3, 0.4) is 0 Å². The van der Waals surface area contributed by atoms with E-state index < -0.39 is 6.10 Å². The highest BCUT2D eigenvalue weighted by Crippen LogP contribution is 2.13. The number of allylic oxidation sites excluding steroid dienone is 18. The van der Waals surface area contributed by atoms with Crippen molar-refractivity contribution < 1.29 is 28.6 Å². The molecular formula is C62H102O6. The fourth-order valence-corrected chi connectivity index (χ4v) is 7.32. The summed E-state index contributed by atoms with van der Waals surface area (Å²) >= 11 is 0. The van der Waals surface area contributed by atoms with Crippen molar-refractivity contribution in [1.29, 1.82) is 0 Å². The normalized spacial score (nSPS) is 12.9. The number of rotatable bonds is 49. The predicted octanol–water partition coefficient (Wildman–Crippen LogP) is 18.7. The summed E-state index contributed by atoms with van der Waals surface area (Å²) in [6, 6.07) is 0. The molecule has 68 heavy (non-hydrogen) atoms. The summed E-state index contributed by atoms with van der Waals surface area (Å²) < 4.78 is 16.8. The molecule has 6 heteroatoms. The minimum absolute atomic E-state index is 0.110. The second-order valence-corrected chi connectivity index (χ2v) is 18.1. The van der Waals surface area contributed by atoms with Gasteiger partial charge in [0.2, 0.25) is 0 Å². The Balaban J connectivity index is 4.53. The number of unbranched alkanes of at least 4 members (excludes halogenated alkanes) is 20. The molecule has 0 rings (SSSR count). The minimum Gasteiger partial charge on any atom is -0.462 e. The molecule has 0 aromatic carbocycles. The number of esters is 3. The van der Waals surface area contributed by atoms with Crippen molar-refractivity contribution in [3.8, 4) is 0 Å². The van der Waals surface area contributed by atoms with Crippen LogP contribution < -0.4 is 0 Å². The quantitative estimate of drug-likeness (QED) is 0.0262. The maximum absolute atomic E-state index is 12.8. The van der Waals surface area contributed by atoms with Crippen molar-refractivity contribution in [2.24, 2.45) is 0 Å². The number of ether oxygens (including phenoxy) is 3. The van der Waals surface area contributed by atoms with Crippen molar-refractivity contribution in [2.45, 2.75) is 252 Å². The highest BCUT2D eigenvalue weighted by atomic mass is 16.6. The lowest BCUT2D eigenvalue weighted by Crippen LogP contribution is -2.30. The van der Waals surface area contributed by atoms with Crippen molar-refractivity contribution in [3.05, 3.63) is 109 Å². The maximum atomic E-state index is 12.8. The first kappa shape index (κ1) is 64.1. The lowest BCUT2D eigenvalue weighted by Gasteiger charge is -2.18. The minimum atomic E-state index is -0.818. The summed E-state index contributed by atoms with van der Waals surface area (Å²) in [7, 11) is 0. The molecular weight excluding hydrogens is 841 g/mol. The molecule has 0 aliphatic rings. The molecule has 0 aromatic heterocycles. The molecule has 386 valence electrons. The Labute approximate surface area is 419 Å². The largest absolute Gasteiger partial charge is 0.462 e. The smallest absolute Gasteiger partial charge is 0.306 e. The maximum Gasteiger partial charge on any atom is 0.306 e. The van der Waals surface area contributed by atoms with E-state index in [4.69, 9.17) is 14.2 Å². The van der Waals surface area contributed by atoms with Crippen LogP contribution in [-0.4, -0.2) is 37.2 Å². The number of carbonyl (C=O) groups is 3. The standard InChI is InChI=1S/C62H102O6/c1-4-7-10-13-16-19-22-25-28-30-31-33-34-37-40-43-46-49-52-55-61(64)67-58-59(57-66-60(63)54-51-48-45-42-39-36-27-24-21-18-15-12-9-6-3)68-62(65)56-53-50-47-44-41-38-35-32-29-26-23-20-17-14-11-8-5-2/h7,10,16-17,19-20,24-29,31,33,37,40,46,49,59H,4-6,8-9,11-15,18,21-23,30,32,34-36,38-39,41-45,47-48,50-58H2,1-3H3/b10-7-,19-16-,20-17-,27-24-,28-25-,29-26-,33-31-,40-37-,49-46-. The molecule has 6 nitrogen and oxygen atoms in total. The van der Waals surface area contributed by atoms with E-state index in [1.807, 2.05) is 6.08 Å². The lowest BCUT2D eigenvalue weighted by molar-refractivity contribution is -0.166. The van der Waals surface area contributed by atoms with E-state index in [2.05, 4.69) is 124 Å². The lowest BCUT2D eigenvalue weighted by atomic mass is 10.1. The highest BCUT2D eigenvalue weighted by Gasteiger charge is 2.19. The predicted molar refractivity (Wildman–Crippen MR) is 293 cm³/mol. The van der Waals surface area contributed by atoms with Gasteiger partial charge in [-0.1, -0.05) is 220 Å². The average molecular weight is 943 g/mol. The Morgan fingerprint density at radius 1 is 0.309 bits per heavy atom. The summed E-state index contributed by atoms with van der Waals surface area (Å²) in [6.07, 6.45) is 75.1. The van der Waals surface area contributed by atoms with E-state index in [0.29, 0.717) is 19.3 Å². The van der Waals surface area contributed by atoms with Crippen molar-refractivity contribution >= 4 is 17.9 Å². The molecule has 0 radical (unpaired) electrons. The topological polar surface area (TPSA) is 78.9 Å². The van der Waals surface area contributed by atoms with E-state index in [1.54, 1.807) is 0 Å². The summed E-state index contributed by atoms with van der Waals surface area (Å²) in [6.45, 7) is 6.41. The Hall–Kier alpha value is -3.93. The van der Waals surface area contributed by atoms with Gasteiger partial charge in [0.05, 0.1) is 0 Å². The van der Waals surface area contributed by atoms with Crippen LogP contribution >= 0.6 is 0 Å². The van der Waals surface area contributed by atoms with E-state index in [9.17, 15) is 14.4 Å². The second-order valence-electron chi connectivity index (χ2n) is 18.1. The summed E-state index contributed by atoms with van der Waals surface area (Å²) in [5.41, 5.74) is 0. The Morgan fingerprint density at radius 2 is 0.603 bits per heavy atom. The van der Waals surface area contributed by atoms with Gasteiger partial charge in [-0.3, -0.25) is 14.4 Å². The van der Waals surface area contributed by atoms with Gasteiger partial charge in [0, 0.05) is 19.3 Å². The molecule has 0 N–H and O–H groups in total. The second kappa shape index (κ2) is 55.7. The van der Waals surface area contributed by atoms with Crippen molar-refractivity contribution in [1.82, 2.24) is 0 Å². The summed E-state index contributed by atoms with van der Waals surface area (Å²) in [4.78, 5) is 38.1. The molecule has 0 aliphatic carbocycles. The zero-order valence-corrected chi connectivity index (χ0v) is 44.1. The van der Waals surface area contributed by atoms with Gasteiger partial charge in [-0.05, 0) is 116 Å². The van der Waals surface area contributed by atoms with Gasteiger partial charge in [0.1, 0.15) is 13.2 Å². The highest BCUT2D eigenvalue weighted by molar-refractivity contribution is 5.71. The third-order valence-corrected chi connectivity index (χ3v) is 11.5. The van der Waals surface area contributed by atoms with E-state index in [-0.39, 0.29) is 37.5 Å². The first-order chi connectivity index (χ1) is 33.5. The summed E-state index contributed by atoms with van der Waals surface area (Å²) in [5.74, 6) is -1.01. The Kier molecular flexibility index (Phi) is 52.4. The van der Waals surface area contributed by atoms with Gasteiger partial charge < -0.3 is 14.2 Å². The SMILES string of the molecule is CC/C=C\C/C=C\C/C=C\C/C=C\C/C=C\C/C=C\CCC(=O)OCC(COC(=O)CCCCCCC/C=C\CCCCCCC)OC(=O)CCCCCCCCC/C=C\C/C=C\CCCCC. The van der Waals surface area contributed by atoms with E-state index in [1.165, 1.54) is 96.3 Å². The molecule has 0 amide bonds. The van der Waals surface area contributed by atoms with Gasteiger partial charge in [-0.15, -0.1) is 0 Å². The molecule has 0 saturated heterocycles. The molecule has 1 atom stereocenters. The van der Waals surface area contributed by atoms with Crippen LogP contribution in [0.15, 0.2) is 109 Å². The van der Waals surface area contributed by atoms with Crippen LogP contribution in [0.4, 0.5) is 0 Å². The third-order valence-electron chi connectivity index (χ3n) is 11.5. The van der Waals surface area contributed by atoms with Crippen LogP contribution in [0.2, 0.25) is 0 Å². The molecule has 0 fully saturated rings. The molecule has 0 aliphatic heterocycles. The van der Waals surface area contributed by atoms with Gasteiger partial charge in [-0.2, -0.15) is 0 Å². The van der Waals surface area contributed by atoms with E-state index in [0.717, 1.165) is 103 Å². The molecule has 1 unspecified atom stereocenters. The molecule has 0 bridgehead atoms. The zero-order valence-electron chi connectivity index (χ0n) is 44.1. The van der Waals surface area contributed by atoms with Gasteiger partial charge in [0.25, 0.3) is 0 Å². The Bertz CT molecular complexity index is 1410. The molecule has 0 heterocycles. The third kappa shape index (κ3) is 53.0. The zero-order chi connectivity index (χ0) is 49.3. The number of carbonyl (C=O) groups excluding carboxylic acids is 3. The van der Waals surface area contributed by atoms with Gasteiger partial charge in [0.15, 0.2) is 6.10 Å². The van der Waals surface area contributed by atoms with Crippen LogP contribution in [0.5, 0.6) is 0 Å². The fraction of sp³-hybridized carbons (Fsp3) is 0.661. The first-order valence-corrected chi connectivity index (χ1v) is 27.9. The number of hydrogen-bond donors (Lipinski definition) is 0. The first-order valence-electron chi connectivity index (χ1n) is 27.9. The summed E-state index contributed by atoms with van der Waals surface area (Å²) in [5, 5.41) is 0. The monoisotopic (exact) mass is 943 g/mol. The van der Waals surface area contributed by atoms with Crippen LogP contribution in [0.1, 0.15) is 245 Å². The van der Waals surface area contributed by atoms with Crippen LogP contribution in [0, 0.1) is 0 Å². The Morgan fingerprint density at radius 3 is 1.03 bits per heavy atom. The van der Waals surface area contributed by atoms with Crippen LogP contribution in [-0.2, 0) is 28.6 Å². The van der Waals surface area contributed by atoms with Crippen molar-refractivity contribution in [2.75, 3.05) is 13.2 Å². The average Bonchev–Trinajstić information content (AvgIpc) is 3.34. The van der Waals surface area contributed by atoms with Crippen molar-refractivity contribution in [3.63, 3.8) is 0 Å². The fourth-order valence-electron chi connectivity index (χ4n) is 7.32. The molecule has 0 saturated carbocycles. The molecule has 0 aromatic rings. The van der Waals surface area contributed by atoms with E-state index >= 15 is 0 Å². The van der Waals surface area contributed by atoms with Gasteiger partial charge >= 0.3 is 17.9 Å².